The topological polar surface area (TPSA) is 92.3 Å². The highest BCUT2D eigenvalue weighted by molar-refractivity contribution is 7.90. The lowest BCUT2D eigenvalue weighted by Crippen LogP contribution is -2.53. The number of sulfonamides is 2. The average molecular weight is 495 g/mol. The highest BCUT2D eigenvalue weighted by Gasteiger charge is 2.33. The maximum absolute atomic E-state index is 13.4. The molecule has 0 spiro atoms. The molecule has 5 rings (SSSR count). The van der Waals surface area contributed by atoms with Gasteiger partial charge in [-0.15, -0.1) is 0 Å². The van der Waals surface area contributed by atoms with Crippen LogP contribution in [0.3, 0.4) is 0 Å². The average Bonchev–Trinajstić information content (AvgIpc) is 2.84. The molecule has 0 heterocycles. The van der Waals surface area contributed by atoms with Crippen molar-refractivity contribution in [2.75, 3.05) is 0 Å². The third kappa shape index (κ3) is 4.46. The van der Waals surface area contributed by atoms with E-state index in [2.05, 4.69) is 9.44 Å². The Morgan fingerprint density at radius 1 is 0.529 bits per heavy atom. The molecule has 0 bridgehead atoms. The van der Waals surface area contributed by atoms with E-state index in [1.54, 1.807) is 36.4 Å². The lowest BCUT2D eigenvalue weighted by atomic mass is 9.92. The largest absolute Gasteiger partial charge is 0.241 e. The Kier molecular flexibility index (Phi) is 6.16. The van der Waals surface area contributed by atoms with E-state index in [1.807, 2.05) is 48.5 Å². The second kappa shape index (κ2) is 9.11. The van der Waals surface area contributed by atoms with E-state index in [1.165, 1.54) is 0 Å². The van der Waals surface area contributed by atoms with E-state index in [0.717, 1.165) is 23.6 Å². The Morgan fingerprint density at radius 2 is 0.912 bits per heavy atom. The zero-order valence-corrected chi connectivity index (χ0v) is 20.1. The molecule has 1 saturated carbocycles. The fourth-order valence-electron chi connectivity index (χ4n) is 4.80. The SMILES string of the molecule is O=S(=O)(N[C@H]1CCCC[C@H]1NS(=O)(=O)c1cccc2ccccc12)c1cccc2ccccc12. The lowest BCUT2D eigenvalue weighted by molar-refractivity contribution is 0.340. The van der Waals surface area contributed by atoms with Gasteiger partial charge in [0.1, 0.15) is 0 Å². The lowest BCUT2D eigenvalue weighted by Gasteiger charge is -2.32. The molecular weight excluding hydrogens is 468 g/mol. The number of rotatable bonds is 6. The number of hydrogen-bond acceptors (Lipinski definition) is 4. The highest BCUT2D eigenvalue weighted by atomic mass is 32.2. The Balaban J connectivity index is 1.44. The zero-order valence-electron chi connectivity index (χ0n) is 18.5. The second-order valence-electron chi connectivity index (χ2n) is 8.69. The molecule has 6 nitrogen and oxygen atoms in total. The number of benzene rings is 4. The normalized spacial score (nSPS) is 19.4. The van der Waals surface area contributed by atoms with E-state index >= 15 is 0 Å². The van der Waals surface area contributed by atoms with Gasteiger partial charge in [-0.05, 0) is 35.7 Å². The first kappa shape index (κ1) is 23.0. The molecule has 0 unspecified atom stereocenters. The van der Waals surface area contributed by atoms with Crippen LogP contribution in [0.1, 0.15) is 25.7 Å². The minimum Gasteiger partial charge on any atom is -0.207 e. The maximum Gasteiger partial charge on any atom is 0.241 e. The van der Waals surface area contributed by atoms with E-state index in [4.69, 9.17) is 0 Å². The van der Waals surface area contributed by atoms with Crippen LogP contribution in [0, 0.1) is 0 Å². The molecule has 2 atom stereocenters. The summed E-state index contributed by atoms with van der Waals surface area (Å²) in [6.07, 6.45) is 2.78. The first-order valence-electron chi connectivity index (χ1n) is 11.4. The Morgan fingerprint density at radius 3 is 1.35 bits per heavy atom. The maximum atomic E-state index is 13.4. The van der Waals surface area contributed by atoms with Crippen LogP contribution >= 0.6 is 0 Å². The van der Waals surface area contributed by atoms with Crippen molar-refractivity contribution in [1.29, 1.82) is 0 Å². The van der Waals surface area contributed by atoms with Crippen LogP contribution in [-0.4, -0.2) is 28.9 Å². The third-order valence-electron chi connectivity index (χ3n) is 6.46. The van der Waals surface area contributed by atoms with Gasteiger partial charge >= 0.3 is 0 Å². The number of nitrogens with one attached hydrogen (secondary N) is 2. The van der Waals surface area contributed by atoms with E-state index in [-0.39, 0.29) is 9.79 Å². The zero-order chi connectivity index (χ0) is 23.8. The summed E-state index contributed by atoms with van der Waals surface area (Å²) in [4.78, 5) is 0.402. The molecule has 1 aliphatic rings. The fourth-order valence-corrected chi connectivity index (χ4v) is 7.88. The molecule has 0 saturated heterocycles. The van der Waals surface area contributed by atoms with Gasteiger partial charge in [-0.3, -0.25) is 0 Å². The first-order valence-corrected chi connectivity index (χ1v) is 14.3. The van der Waals surface area contributed by atoms with Gasteiger partial charge in [-0.1, -0.05) is 85.6 Å². The molecule has 0 radical (unpaired) electrons. The van der Waals surface area contributed by atoms with Crippen molar-refractivity contribution in [3.05, 3.63) is 84.9 Å². The van der Waals surface area contributed by atoms with Gasteiger partial charge in [0, 0.05) is 22.9 Å². The summed E-state index contributed by atoms with van der Waals surface area (Å²) in [6, 6.07) is 23.9. The molecule has 176 valence electrons. The minimum atomic E-state index is -3.86. The molecule has 4 aromatic carbocycles. The van der Waals surface area contributed by atoms with Gasteiger partial charge in [-0.2, -0.15) is 0 Å². The van der Waals surface area contributed by atoms with Gasteiger partial charge in [0.15, 0.2) is 0 Å². The quantitative estimate of drug-likeness (QED) is 0.411. The predicted octanol–water partition coefficient (Wildman–Crippen LogP) is 4.56. The molecule has 4 aromatic rings. The molecular formula is C26H26N2O4S2. The van der Waals surface area contributed by atoms with E-state index in [0.29, 0.717) is 23.6 Å². The molecule has 2 N–H and O–H groups in total. The molecule has 0 aliphatic heterocycles. The number of hydrogen-bond donors (Lipinski definition) is 2. The highest BCUT2D eigenvalue weighted by Crippen LogP contribution is 2.28. The van der Waals surface area contributed by atoms with Gasteiger partial charge in [0.05, 0.1) is 9.79 Å². The van der Waals surface area contributed by atoms with E-state index in [9.17, 15) is 16.8 Å². The minimum absolute atomic E-state index is 0.201. The molecule has 0 aromatic heterocycles. The summed E-state index contributed by atoms with van der Waals surface area (Å²) in [5.74, 6) is 0. The van der Waals surface area contributed by atoms with Crippen molar-refractivity contribution < 1.29 is 16.8 Å². The van der Waals surface area contributed by atoms with Crippen molar-refractivity contribution in [2.45, 2.75) is 47.6 Å². The fraction of sp³-hybridized carbons (Fsp3) is 0.231. The van der Waals surface area contributed by atoms with Crippen LogP contribution in [0.15, 0.2) is 94.7 Å². The van der Waals surface area contributed by atoms with Gasteiger partial charge < -0.3 is 0 Å². The van der Waals surface area contributed by atoms with Crippen LogP contribution in [0.2, 0.25) is 0 Å². The summed E-state index contributed by atoms with van der Waals surface area (Å²) in [5, 5.41) is 2.95. The molecule has 1 fully saturated rings. The smallest absolute Gasteiger partial charge is 0.207 e. The Hall–Kier alpha value is -2.78. The first-order chi connectivity index (χ1) is 16.4. The van der Waals surface area contributed by atoms with Crippen LogP contribution < -0.4 is 9.44 Å². The molecule has 34 heavy (non-hydrogen) atoms. The summed E-state index contributed by atoms with van der Waals surface area (Å²) in [6.45, 7) is 0. The van der Waals surface area contributed by atoms with Crippen LogP contribution in [0.5, 0.6) is 0 Å². The van der Waals surface area contributed by atoms with Gasteiger partial charge in [0.2, 0.25) is 20.0 Å². The van der Waals surface area contributed by atoms with Gasteiger partial charge in [0.25, 0.3) is 0 Å². The van der Waals surface area contributed by atoms with Crippen molar-refractivity contribution in [2.24, 2.45) is 0 Å². The Bertz CT molecular complexity index is 1440. The van der Waals surface area contributed by atoms with Crippen molar-refractivity contribution in [3.8, 4) is 0 Å². The molecule has 8 heteroatoms. The van der Waals surface area contributed by atoms with Crippen LogP contribution in [0.25, 0.3) is 21.5 Å². The molecule has 0 amide bonds. The number of fused-ring (bicyclic) bond motifs is 2. The van der Waals surface area contributed by atoms with Crippen LogP contribution in [-0.2, 0) is 20.0 Å². The molecule has 1 aliphatic carbocycles. The monoisotopic (exact) mass is 494 g/mol. The second-order valence-corrected chi connectivity index (χ2v) is 12.1. The third-order valence-corrected chi connectivity index (χ3v) is 9.55. The predicted molar refractivity (Wildman–Crippen MR) is 135 cm³/mol. The van der Waals surface area contributed by atoms with Crippen molar-refractivity contribution in [3.63, 3.8) is 0 Å². The summed E-state index contributed by atoms with van der Waals surface area (Å²) < 4.78 is 59.1. The van der Waals surface area contributed by atoms with E-state index < -0.39 is 32.1 Å². The van der Waals surface area contributed by atoms with Crippen molar-refractivity contribution in [1.82, 2.24) is 9.44 Å². The summed E-state index contributed by atoms with van der Waals surface area (Å²) in [5.41, 5.74) is 0. The van der Waals surface area contributed by atoms with Crippen LogP contribution in [0.4, 0.5) is 0 Å². The summed E-state index contributed by atoms with van der Waals surface area (Å²) >= 11 is 0. The standard InChI is InChI=1S/C26H26N2O4S2/c29-33(30,25-17-7-11-19-9-1-3-13-21(19)25)27-23-15-5-6-16-24(23)28-34(31,32)26-18-8-12-20-10-2-4-14-22(20)26/h1-4,7-14,17-18,23-24,27-28H,5-6,15-16H2/t23-,24+. The summed E-state index contributed by atoms with van der Waals surface area (Å²) in [7, 11) is -7.72. The Labute approximate surface area is 200 Å². The van der Waals surface area contributed by atoms with Gasteiger partial charge in [-0.25, -0.2) is 26.3 Å². The van der Waals surface area contributed by atoms with Crippen molar-refractivity contribution >= 4 is 41.6 Å².